The minimum absolute atomic E-state index is 0.0423. The molecular weight excluding hydrogens is 384 g/mol. The largest absolute Gasteiger partial charge is 0.492 e. The fourth-order valence-electron chi connectivity index (χ4n) is 2.89. The molecule has 4 heteroatoms. The molecule has 2 radical (unpaired) electrons. The summed E-state index contributed by atoms with van der Waals surface area (Å²) in [5.74, 6) is 7.29. The summed E-state index contributed by atoms with van der Waals surface area (Å²) < 4.78 is 6.34. The number of aromatic nitrogens is 1. The monoisotopic (exact) mass is 418 g/mol. The first-order valence-electron chi connectivity index (χ1n) is 10.5. The van der Waals surface area contributed by atoms with Gasteiger partial charge in [-0.1, -0.05) is 43.0 Å². The lowest BCUT2D eigenvalue weighted by molar-refractivity contribution is 0.195. The third-order valence-corrected chi connectivity index (χ3v) is 5.53. The molecule has 0 aliphatic carbocycles. The van der Waals surface area contributed by atoms with Crippen LogP contribution in [0.1, 0.15) is 47.1 Å². The molecule has 0 unspecified atom stereocenters. The number of allylic oxidation sites excluding steroid dienone is 1. The summed E-state index contributed by atoms with van der Waals surface area (Å²) in [4.78, 5) is 6.60. The molecule has 1 aromatic heterocycles. The van der Waals surface area contributed by atoms with Crippen LogP contribution in [0.25, 0.3) is 0 Å². The molecule has 1 aromatic carbocycles. The normalized spacial score (nSPS) is 12.1. The van der Waals surface area contributed by atoms with Gasteiger partial charge in [0.1, 0.15) is 15.3 Å². The highest BCUT2D eigenvalue weighted by atomic mass is 28.2. The Kier molecular flexibility index (Phi) is 8.89. The molecule has 1 heterocycles. The third kappa shape index (κ3) is 9.43. The van der Waals surface area contributed by atoms with Crippen LogP contribution in [-0.4, -0.2) is 37.7 Å². The predicted octanol–water partition coefficient (Wildman–Crippen LogP) is 4.65. The van der Waals surface area contributed by atoms with Gasteiger partial charge in [-0.25, -0.2) is 0 Å². The van der Waals surface area contributed by atoms with E-state index in [1.165, 1.54) is 10.8 Å². The smallest absolute Gasteiger partial charge is 0.141 e. The molecule has 0 spiro atoms. The summed E-state index contributed by atoms with van der Waals surface area (Å²) in [5, 5.41) is 0.928. The Hall–Kier alpha value is -2.35. The topological polar surface area (TPSA) is 25.4 Å². The van der Waals surface area contributed by atoms with Gasteiger partial charge >= 0.3 is 0 Å². The van der Waals surface area contributed by atoms with Crippen molar-refractivity contribution in [3.63, 3.8) is 0 Å². The molecule has 0 saturated carbocycles. The summed E-state index contributed by atoms with van der Waals surface area (Å²) in [7, 11) is 0.528. The molecule has 2 aromatic rings. The van der Waals surface area contributed by atoms with E-state index in [0.29, 0.717) is 9.52 Å². The molecule has 0 fully saturated rings. The lowest BCUT2D eigenvalue weighted by Gasteiger charge is -2.26. The zero-order valence-electron chi connectivity index (χ0n) is 19.2. The number of hydrogen-bond acceptors (Lipinski definition) is 3. The van der Waals surface area contributed by atoms with E-state index in [2.05, 4.69) is 93.6 Å². The van der Waals surface area contributed by atoms with Crippen LogP contribution in [0.2, 0.25) is 0 Å². The van der Waals surface area contributed by atoms with E-state index in [1.54, 1.807) is 6.20 Å². The van der Waals surface area contributed by atoms with Gasteiger partial charge in [0, 0.05) is 30.9 Å². The first kappa shape index (κ1) is 23.9. The van der Waals surface area contributed by atoms with E-state index in [9.17, 15) is 0 Å². The first-order chi connectivity index (χ1) is 14.2. The average Bonchev–Trinajstić information content (AvgIpc) is 2.66. The van der Waals surface area contributed by atoms with Gasteiger partial charge in [0.05, 0.1) is 5.22 Å². The van der Waals surface area contributed by atoms with Crippen molar-refractivity contribution in [2.45, 2.75) is 53.3 Å². The average molecular weight is 419 g/mol. The molecule has 0 amide bonds. The van der Waals surface area contributed by atoms with Crippen LogP contribution in [0.5, 0.6) is 5.75 Å². The molecule has 0 bridgehead atoms. The molecule has 0 aliphatic rings. The lowest BCUT2D eigenvalue weighted by Crippen LogP contribution is -2.42. The van der Waals surface area contributed by atoms with Gasteiger partial charge in [-0.2, -0.15) is 0 Å². The third-order valence-electron chi connectivity index (χ3n) is 4.24. The Balaban J connectivity index is 1.96. The maximum absolute atomic E-state index is 6.34. The second kappa shape index (κ2) is 11.2. The van der Waals surface area contributed by atoms with Gasteiger partial charge in [0.25, 0.3) is 0 Å². The molecule has 0 atom stereocenters. The standard InChI is InChI=1S/C26H34N2OSi/c1-7-28(18-10-8-9-16-25(2,3)4)21-22-13-11-14-23(19-22)29-26(5,6)30-24-15-12-17-27-20-24/h8,10-15,17,19-20H,7,18,21H2,1-6H3/b10-8+. The molecule has 0 aliphatic heterocycles. The van der Waals surface area contributed by atoms with Crippen LogP contribution in [-0.2, 0) is 6.54 Å². The molecule has 158 valence electrons. The lowest BCUT2D eigenvalue weighted by atomic mass is 9.98. The number of ether oxygens (including phenoxy) is 1. The number of nitrogens with zero attached hydrogens (tertiary/aromatic N) is 2. The minimum atomic E-state index is -0.277. The van der Waals surface area contributed by atoms with Gasteiger partial charge in [-0.15, -0.1) is 0 Å². The molecule has 0 N–H and O–H groups in total. The van der Waals surface area contributed by atoms with E-state index in [1.807, 2.05) is 24.4 Å². The number of pyridine rings is 1. The second-order valence-corrected chi connectivity index (χ2v) is 10.9. The van der Waals surface area contributed by atoms with E-state index in [0.717, 1.165) is 25.4 Å². The van der Waals surface area contributed by atoms with E-state index in [4.69, 9.17) is 4.74 Å². The quantitative estimate of drug-likeness (QED) is 0.438. The van der Waals surface area contributed by atoms with E-state index in [-0.39, 0.29) is 10.6 Å². The van der Waals surface area contributed by atoms with Crippen LogP contribution in [0.4, 0.5) is 0 Å². The van der Waals surface area contributed by atoms with Crippen LogP contribution in [0.3, 0.4) is 0 Å². The summed E-state index contributed by atoms with van der Waals surface area (Å²) >= 11 is 0. The minimum Gasteiger partial charge on any atom is -0.492 e. The van der Waals surface area contributed by atoms with Crippen molar-refractivity contribution >= 4 is 14.7 Å². The van der Waals surface area contributed by atoms with Crippen molar-refractivity contribution in [3.05, 3.63) is 66.5 Å². The van der Waals surface area contributed by atoms with Crippen molar-refractivity contribution in [1.29, 1.82) is 0 Å². The Morgan fingerprint density at radius 1 is 1.13 bits per heavy atom. The van der Waals surface area contributed by atoms with Gasteiger partial charge in [-0.3, -0.25) is 9.88 Å². The van der Waals surface area contributed by atoms with Crippen molar-refractivity contribution in [1.82, 2.24) is 9.88 Å². The summed E-state index contributed by atoms with van der Waals surface area (Å²) in [6.07, 6.45) is 7.83. The first-order valence-corrected chi connectivity index (χ1v) is 11.5. The van der Waals surface area contributed by atoms with Crippen LogP contribution in [0.15, 0.2) is 60.9 Å². The Morgan fingerprint density at radius 2 is 1.93 bits per heavy atom. The molecule has 2 rings (SSSR count). The summed E-state index contributed by atoms with van der Waals surface area (Å²) in [5.41, 5.74) is 1.30. The highest BCUT2D eigenvalue weighted by Gasteiger charge is 2.22. The van der Waals surface area contributed by atoms with Gasteiger partial charge < -0.3 is 4.74 Å². The fraction of sp³-hybridized carbons (Fsp3) is 0.423. The van der Waals surface area contributed by atoms with Gasteiger partial charge in [-0.05, 0) is 76.2 Å². The Labute approximate surface area is 185 Å². The van der Waals surface area contributed by atoms with Crippen molar-refractivity contribution < 1.29 is 4.74 Å². The summed E-state index contributed by atoms with van der Waals surface area (Å²) in [6.45, 7) is 15.6. The molecule has 0 saturated heterocycles. The maximum atomic E-state index is 6.34. The SMILES string of the molecule is CCN(C/C=C/C#CC(C)(C)C)Cc1cccc(OC(C)(C)[Si]c2cccnc2)c1. The van der Waals surface area contributed by atoms with E-state index >= 15 is 0 Å². The van der Waals surface area contributed by atoms with Crippen molar-refractivity contribution in [2.75, 3.05) is 13.1 Å². The fourth-order valence-corrected chi connectivity index (χ4v) is 4.08. The molecular formula is C26H34N2OSi. The number of benzene rings is 1. The number of likely N-dealkylation sites (N-methyl/N-ethyl adjacent to an activating group) is 1. The predicted molar refractivity (Wildman–Crippen MR) is 128 cm³/mol. The van der Waals surface area contributed by atoms with Gasteiger partial charge in [0.15, 0.2) is 0 Å². The van der Waals surface area contributed by atoms with Crippen molar-refractivity contribution in [2.24, 2.45) is 5.41 Å². The van der Waals surface area contributed by atoms with Crippen LogP contribution in [0, 0.1) is 17.3 Å². The molecule has 3 nitrogen and oxygen atoms in total. The zero-order valence-corrected chi connectivity index (χ0v) is 20.2. The number of rotatable bonds is 9. The van der Waals surface area contributed by atoms with E-state index < -0.39 is 0 Å². The maximum Gasteiger partial charge on any atom is 0.141 e. The molecule has 30 heavy (non-hydrogen) atoms. The number of hydrogen-bond donors (Lipinski definition) is 0. The van der Waals surface area contributed by atoms with Gasteiger partial charge in [0.2, 0.25) is 0 Å². The Morgan fingerprint density at radius 3 is 2.60 bits per heavy atom. The second-order valence-electron chi connectivity index (χ2n) is 8.88. The summed E-state index contributed by atoms with van der Waals surface area (Å²) in [6, 6.07) is 12.5. The highest BCUT2D eigenvalue weighted by Crippen LogP contribution is 2.20. The Bertz CT molecular complexity index is 873. The van der Waals surface area contributed by atoms with Crippen LogP contribution < -0.4 is 9.92 Å². The highest BCUT2D eigenvalue weighted by molar-refractivity contribution is 6.56. The zero-order chi connectivity index (χ0) is 22.0. The van der Waals surface area contributed by atoms with Crippen LogP contribution >= 0.6 is 0 Å². The van der Waals surface area contributed by atoms with Crippen molar-refractivity contribution in [3.8, 4) is 17.6 Å².